The maximum atomic E-state index is 13.4. The summed E-state index contributed by atoms with van der Waals surface area (Å²) in [5.41, 5.74) is 0. The molecule has 5 fully saturated rings. The molecule has 5 saturated heterocycles. The number of rotatable bonds is 38. The van der Waals surface area contributed by atoms with Crippen LogP contribution in [0.4, 0.5) is 0 Å². The lowest BCUT2D eigenvalue weighted by atomic mass is 9.95. The van der Waals surface area contributed by atoms with E-state index in [1.165, 1.54) is 0 Å². The zero-order valence-corrected chi connectivity index (χ0v) is 59.5. The molecule has 5 aliphatic heterocycles. The molecule has 0 bridgehead atoms. The Hall–Kier alpha value is -3.01. The van der Waals surface area contributed by atoms with Crippen molar-refractivity contribution in [1.82, 2.24) is 0 Å². The summed E-state index contributed by atoms with van der Waals surface area (Å²) in [5.74, 6) is -5.24. The van der Waals surface area contributed by atoms with Crippen LogP contribution >= 0.6 is 0 Å². The molecule has 0 saturated carbocycles. The standard InChI is InChI=1S/C33H54O61S11/c1-72-14-16(83-30-22(90-101(57,58)59)13(87-98(48,49)50)10(34)7(78-30)4-75-95(39,40)41)20(27(35)36)85-33(23(14)91-102(60,61)62)82-12-9(6-77-97(45,46)47)80-31(26(94-105(69,70)71)19(12)89-100(54,55)56)84-17-15(73-2)24(92-103(63,64)65)32(86-21(17)28(37)38)81-11-8(5-76-96(42,43)44)79-29(74-3)25(93-104(66,67)68)18(11)88-99(51,52)53/h7-26,29-34H,4-6H2,1-3H3,(H,35,36)(H,37,38)(H,39,40,41)(H,42,43,44)(H,45,46,47)(H,48,49,50)(H,51,52,53)(H,54,55,56)(H,57,58,59)(H,60,61,62)(H,63,64,65)(H,66,67,68)(H,69,70,71)/t7?,8?,9?,10-,11+,12+,13-,14-,15-,16-,17-,18-,19-,20?,21?,22?,23?,24?,25?,26?,29-,30+,31+,32-,33-/m1/s1. The fraction of sp³-hybridized carbons (Fsp3) is 0.939. The summed E-state index contributed by atoms with van der Waals surface area (Å²) in [6, 6.07) is 0. The molecule has 61 nitrogen and oxygen atoms in total. The highest BCUT2D eigenvalue weighted by Crippen LogP contribution is 2.42. The Labute approximate surface area is 588 Å². The third-order valence-corrected chi connectivity index (χ3v) is 18.2. The van der Waals surface area contributed by atoms with Gasteiger partial charge in [-0.2, -0.15) is 92.6 Å². The van der Waals surface area contributed by atoms with Crippen molar-refractivity contribution in [3.05, 3.63) is 0 Å². The monoisotopic (exact) mass is 1780 g/mol. The predicted octanol–water partition coefficient (Wildman–Crippen LogP) is -11.7. The van der Waals surface area contributed by atoms with Crippen LogP contribution in [0.15, 0.2) is 0 Å². The lowest BCUT2D eigenvalue weighted by Crippen LogP contribution is -2.70. The van der Waals surface area contributed by atoms with Crippen molar-refractivity contribution in [2.24, 2.45) is 0 Å². The van der Waals surface area contributed by atoms with Gasteiger partial charge < -0.3 is 72.2 Å². The highest BCUT2D eigenvalue weighted by atomic mass is 32.3. The van der Waals surface area contributed by atoms with Gasteiger partial charge in [0, 0.05) is 21.3 Å². The number of hydrogen-bond acceptors (Lipinski definition) is 48. The van der Waals surface area contributed by atoms with Gasteiger partial charge in [-0.1, -0.05) is 0 Å². The van der Waals surface area contributed by atoms with Gasteiger partial charge in [0.25, 0.3) is 0 Å². The van der Waals surface area contributed by atoms with Crippen molar-refractivity contribution >= 4 is 126 Å². The Morgan fingerprint density at radius 2 is 0.486 bits per heavy atom. The van der Waals surface area contributed by atoms with Crippen LogP contribution in [0.3, 0.4) is 0 Å². The van der Waals surface area contributed by atoms with E-state index < -0.39 is 300 Å². The maximum absolute atomic E-state index is 13.4. The second kappa shape index (κ2) is 34.9. The molecule has 72 heteroatoms. The Morgan fingerprint density at radius 3 is 0.752 bits per heavy atom. The largest absolute Gasteiger partial charge is 0.479 e. The number of aliphatic hydroxyl groups is 1. The van der Waals surface area contributed by atoms with E-state index in [0.717, 1.165) is 0 Å². The van der Waals surface area contributed by atoms with Gasteiger partial charge in [0.05, 0.1) is 19.8 Å². The molecule has 5 rings (SSSR count). The Kier molecular flexibility index (Phi) is 30.8. The highest BCUT2D eigenvalue weighted by Gasteiger charge is 2.64. The van der Waals surface area contributed by atoms with Crippen molar-refractivity contribution < 1.29 is 270 Å². The van der Waals surface area contributed by atoms with Gasteiger partial charge in [0.1, 0.15) is 79.4 Å². The minimum atomic E-state index is -6.61. The van der Waals surface area contributed by atoms with E-state index in [1.54, 1.807) is 0 Å². The molecule has 5 heterocycles. The molecule has 0 aromatic carbocycles. The van der Waals surface area contributed by atoms with Gasteiger partial charge in [-0.3, -0.25) is 50.1 Å². The molecule has 0 spiro atoms. The minimum absolute atomic E-state index is 0.332. The van der Waals surface area contributed by atoms with Crippen LogP contribution in [0.2, 0.25) is 0 Å². The number of carboxylic acids is 2. The third kappa shape index (κ3) is 28.9. The van der Waals surface area contributed by atoms with Crippen molar-refractivity contribution in [3.63, 3.8) is 0 Å². The molecule has 0 aromatic rings. The molecule has 5 aliphatic rings. The van der Waals surface area contributed by atoms with Crippen LogP contribution in [0, 0.1) is 0 Å². The molecule has 14 N–H and O–H groups in total. The van der Waals surface area contributed by atoms with Crippen LogP contribution in [-0.4, -0.2) is 365 Å². The average molecular weight is 1780 g/mol. The van der Waals surface area contributed by atoms with E-state index in [4.69, 9.17) is 56.8 Å². The predicted molar refractivity (Wildman–Crippen MR) is 297 cm³/mol. The number of methoxy groups -OCH3 is 3. The van der Waals surface area contributed by atoms with Crippen LogP contribution in [-0.2, 0) is 227 Å². The Bertz CT molecular complexity index is 4360. The fourth-order valence-electron chi connectivity index (χ4n) is 9.91. The minimum Gasteiger partial charge on any atom is -0.479 e. The Balaban J connectivity index is 1.75. The van der Waals surface area contributed by atoms with Gasteiger partial charge >= 0.3 is 126 Å². The summed E-state index contributed by atoms with van der Waals surface area (Å²) in [6.45, 7) is -5.82. The molecule has 0 aromatic heterocycles. The Morgan fingerprint density at radius 1 is 0.267 bits per heavy atom. The van der Waals surface area contributed by atoms with Crippen LogP contribution < -0.4 is 0 Å². The first-order chi connectivity index (χ1) is 47.3. The number of carbonyl (C=O) groups is 2. The summed E-state index contributed by atoms with van der Waals surface area (Å²) < 4.78 is 488. The van der Waals surface area contributed by atoms with Gasteiger partial charge in [-0.15, -0.1) is 0 Å². The summed E-state index contributed by atoms with van der Waals surface area (Å²) in [7, 11) is -66.8. The van der Waals surface area contributed by atoms with E-state index in [2.05, 4.69) is 46.0 Å². The number of hydrogen-bond donors (Lipinski definition) is 14. The van der Waals surface area contributed by atoms with E-state index >= 15 is 0 Å². The zero-order valence-electron chi connectivity index (χ0n) is 50.5. The van der Waals surface area contributed by atoms with Gasteiger partial charge in [-0.05, 0) is 0 Å². The van der Waals surface area contributed by atoms with Crippen molar-refractivity contribution in [1.29, 1.82) is 0 Å². The van der Waals surface area contributed by atoms with Gasteiger partial charge in [-0.25, -0.2) is 55.6 Å². The normalized spacial score (nSPS) is 35.6. The second-order valence-corrected chi connectivity index (χ2v) is 31.9. The molecular formula is C33H54O61S11. The zero-order chi connectivity index (χ0) is 80.5. The molecule has 0 aliphatic carbocycles. The van der Waals surface area contributed by atoms with Gasteiger partial charge in [0.2, 0.25) is 0 Å². The van der Waals surface area contributed by atoms with E-state index in [9.17, 15) is 168 Å². The number of aliphatic hydroxyl groups excluding tert-OH is 1. The lowest BCUT2D eigenvalue weighted by molar-refractivity contribution is -0.382. The molecule has 10 unspecified atom stereocenters. The molecule has 105 heavy (non-hydrogen) atoms. The fourth-order valence-corrected chi connectivity index (χ4v) is 14.7. The average Bonchev–Trinajstić information content (AvgIpc) is 0.750. The lowest BCUT2D eigenvalue weighted by Gasteiger charge is -2.50. The van der Waals surface area contributed by atoms with Crippen molar-refractivity contribution in [2.45, 2.75) is 154 Å². The quantitative estimate of drug-likeness (QED) is 0.0255. The number of carboxylic acid groups (broad SMARTS) is 2. The SMILES string of the molecule is CO[C@@H]1OC(COS(=O)(=O)O)[C@H](O[C@@H]2OC(C(=O)O)[C@H](O[C@@H]3OC(COS(=O)(=O)O)[C@H](O[C@@H]4OC(C(=O)O)[C@H](O[C@@H]5OC(COS(=O)(=O)O)[C@@H](O)[C@@H](OS(=O)(=O)O)C5OS(=O)(=O)O)[C@@H](OC)C4OS(=O)(=O)O)[C@@H](OS(=O)(=O)O)C3OS(=O)(=O)O)[C@@H](OC)C2OS(=O)(=O)O)[C@@H](OS(=O)(=O)O)C1OS(=O)(=O)O. The van der Waals surface area contributed by atoms with Crippen molar-refractivity contribution in [3.8, 4) is 0 Å². The number of ether oxygens (including phenoxy) is 12. The molecule has 0 amide bonds. The van der Waals surface area contributed by atoms with E-state index in [-0.39, 0.29) is 0 Å². The molecule has 25 atom stereocenters. The van der Waals surface area contributed by atoms with E-state index in [0.29, 0.717) is 21.3 Å². The second-order valence-electron chi connectivity index (χ2n) is 20.2. The first-order valence-electron chi connectivity index (χ1n) is 26.0. The van der Waals surface area contributed by atoms with Crippen LogP contribution in [0.25, 0.3) is 0 Å². The summed E-state index contributed by atoms with van der Waals surface area (Å²) in [4.78, 5) is 26.6. The molecule has 618 valence electrons. The smallest absolute Gasteiger partial charge is 0.397 e. The highest BCUT2D eigenvalue weighted by molar-refractivity contribution is 7.83. The summed E-state index contributed by atoms with van der Waals surface area (Å²) in [5, 5.41) is 32.2. The number of aliphatic carboxylic acids is 2. The van der Waals surface area contributed by atoms with E-state index in [1.807, 2.05) is 0 Å². The maximum Gasteiger partial charge on any atom is 0.397 e. The summed E-state index contributed by atoms with van der Waals surface area (Å²) >= 11 is 0. The molecule has 0 radical (unpaired) electrons. The first-order valence-corrected chi connectivity index (χ1v) is 41.0. The van der Waals surface area contributed by atoms with Crippen LogP contribution in [0.5, 0.6) is 0 Å². The molecular weight excluding hydrogens is 1730 g/mol. The third-order valence-electron chi connectivity index (χ3n) is 13.2. The topological polar surface area (TPSA) is 905 Å². The van der Waals surface area contributed by atoms with Crippen LogP contribution in [0.1, 0.15) is 0 Å². The first kappa shape index (κ1) is 92.6. The van der Waals surface area contributed by atoms with Crippen molar-refractivity contribution in [2.75, 3.05) is 41.2 Å². The van der Waals surface area contributed by atoms with Gasteiger partial charge in [0.15, 0.2) is 74.2 Å². The summed E-state index contributed by atoms with van der Waals surface area (Å²) in [6.07, 6.45) is -79.7.